The molecule has 0 aliphatic carbocycles. The molecular formula is C15H26IN3OS. The molecule has 21 heavy (non-hydrogen) atoms. The van der Waals surface area contributed by atoms with Gasteiger partial charge in [0, 0.05) is 18.8 Å². The Morgan fingerprint density at radius 1 is 1.24 bits per heavy atom. The van der Waals surface area contributed by atoms with Gasteiger partial charge in [-0.2, -0.15) is 11.8 Å². The molecule has 0 amide bonds. The van der Waals surface area contributed by atoms with Crippen molar-refractivity contribution in [2.75, 3.05) is 38.2 Å². The third-order valence-electron chi connectivity index (χ3n) is 2.56. The quantitative estimate of drug-likeness (QED) is 0.278. The first kappa shape index (κ1) is 20.5. The molecule has 1 aromatic rings. The van der Waals surface area contributed by atoms with Crippen molar-refractivity contribution in [3.05, 3.63) is 35.9 Å². The zero-order valence-electron chi connectivity index (χ0n) is 12.8. The number of nitrogens with zero attached hydrogens (tertiary/aromatic N) is 1. The predicted molar refractivity (Wildman–Crippen MR) is 104 cm³/mol. The molecule has 0 spiro atoms. The largest absolute Gasteiger partial charge is 0.375 e. The maximum absolute atomic E-state index is 5.61. The van der Waals surface area contributed by atoms with Crippen LogP contribution in [0.4, 0.5) is 0 Å². The summed E-state index contributed by atoms with van der Waals surface area (Å²) in [5, 5.41) is 6.52. The second-order valence-corrected chi connectivity index (χ2v) is 5.20. The van der Waals surface area contributed by atoms with Crippen molar-refractivity contribution in [1.29, 1.82) is 0 Å². The topological polar surface area (TPSA) is 45.7 Å². The monoisotopic (exact) mass is 423 g/mol. The number of rotatable bonds is 9. The smallest absolute Gasteiger partial charge is 0.191 e. The van der Waals surface area contributed by atoms with Gasteiger partial charge in [0.15, 0.2) is 5.96 Å². The van der Waals surface area contributed by atoms with Crippen LogP contribution in [0.3, 0.4) is 0 Å². The first-order valence-corrected chi connectivity index (χ1v) is 8.39. The van der Waals surface area contributed by atoms with Crippen LogP contribution in [0.5, 0.6) is 0 Å². The van der Waals surface area contributed by atoms with Gasteiger partial charge in [0.2, 0.25) is 0 Å². The molecule has 0 saturated heterocycles. The summed E-state index contributed by atoms with van der Waals surface area (Å²) in [6.45, 7) is 5.81. The van der Waals surface area contributed by atoms with E-state index in [1.54, 1.807) is 0 Å². The van der Waals surface area contributed by atoms with E-state index in [0.717, 1.165) is 24.8 Å². The van der Waals surface area contributed by atoms with Crippen LogP contribution in [0.25, 0.3) is 0 Å². The second kappa shape index (κ2) is 14.5. The summed E-state index contributed by atoms with van der Waals surface area (Å²) in [6, 6.07) is 10.2. The minimum absolute atomic E-state index is 0. The van der Waals surface area contributed by atoms with E-state index in [1.165, 1.54) is 5.56 Å². The fourth-order valence-corrected chi connectivity index (χ4v) is 1.91. The lowest BCUT2D eigenvalue weighted by atomic mass is 10.2. The summed E-state index contributed by atoms with van der Waals surface area (Å²) in [5.74, 6) is 1.94. The van der Waals surface area contributed by atoms with Crippen molar-refractivity contribution in [1.82, 2.24) is 10.6 Å². The molecule has 0 heterocycles. The SMILES string of the molecule is CCNC(=NCCOCc1ccccc1)NCCSC.I. The number of halogens is 1. The van der Waals surface area contributed by atoms with E-state index in [0.29, 0.717) is 19.8 Å². The summed E-state index contributed by atoms with van der Waals surface area (Å²) in [4.78, 5) is 4.48. The maximum Gasteiger partial charge on any atom is 0.191 e. The standard InChI is InChI=1S/C15H25N3OS.HI/c1-3-16-15(18-10-12-20-2)17-9-11-19-13-14-7-5-4-6-8-14;/h4-8H,3,9-13H2,1-2H3,(H2,16,17,18);1H. The van der Waals surface area contributed by atoms with Crippen LogP contribution >= 0.6 is 35.7 Å². The predicted octanol–water partition coefficient (Wildman–Crippen LogP) is 2.74. The molecule has 2 N–H and O–H groups in total. The van der Waals surface area contributed by atoms with E-state index in [4.69, 9.17) is 4.74 Å². The number of hydrogen-bond acceptors (Lipinski definition) is 3. The lowest BCUT2D eigenvalue weighted by Crippen LogP contribution is -2.38. The van der Waals surface area contributed by atoms with Gasteiger partial charge in [0.25, 0.3) is 0 Å². The Labute approximate surface area is 149 Å². The molecule has 0 saturated carbocycles. The van der Waals surface area contributed by atoms with Crippen molar-refractivity contribution >= 4 is 41.7 Å². The molecule has 0 unspecified atom stereocenters. The molecule has 6 heteroatoms. The summed E-state index contributed by atoms with van der Waals surface area (Å²) in [5.41, 5.74) is 1.20. The summed E-state index contributed by atoms with van der Waals surface area (Å²) in [7, 11) is 0. The Balaban J connectivity index is 0.00000400. The van der Waals surface area contributed by atoms with E-state index >= 15 is 0 Å². The third kappa shape index (κ3) is 10.8. The molecule has 0 fully saturated rings. The van der Waals surface area contributed by atoms with Crippen molar-refractivity contribution in [2.24, 2.45) is 4.99 Å². The van der Waals surface area contributed by atoms with Crippen molar-refractivity contribution in [3.8, 4) is 0 Å². The van der Waals surface area contributed by atoms with E-state index in [-0.39, 0.29) is 24.0 Å². The number of aliphatic imine (C=N–C) groups is 1. The lowest BCUT2D eigenvalue weighted by molar-refractivity contribution is 0.128. The molecule has 0 aliphatic heterocycles. The number of thioether (sulfide) groups is 1. The minimum Gasteiger partial charge on any atom is -0.375 e. The lowest BCUT2D eigenvalue weighted by Gasteiger charge is -2.10. The van der Waals surface area contributed by atoms with E-state index in [2.05, 4.69) is 40.9 Å². The van der Waals surface area contributed by atoms with Gasteiger partial charge in [-0.3, -0.25) is 4.99 Å². The van der Waals surface area contributed by atoms with Crippen LogP contribution < -0.4 is 10.6 Å². The fourth-order valence-electron chi connectivity index (χ4n) is 1.60. The van der Waals surface area contributed by atoms with E-state index in [1.807, 2.05) is 30.0 Å². The molecule has 120 valence electrons. The number of hydrogen-bond donors (Lipinski definition) is 2. The van der Waals surface area contributed by atoms with E-state index < -0.39 is 0 Å². The highest BCUT2D eigenvalue weighted by Crippen LogP contribution is 1.99. The highest BCUT2D eigenvalue weighted by Gasteiger charge is 1.96. The van der Waals surface area contributed by atoms with Gasteiger partial charge in [0.05, 0.1) is 19.8 Å². The van der Waals surface area contributed by atoms with Crippen molar-refractivity contribution in [2.45, 2.75) is 13.5 Å². The Bertz CT molecular complexity index is 376. The highest BCUT2D eigenvalue weighted by molar-refractivity contribution is 14.0. The third-order valence-corrected chi connectivity index (χ3v) is 3.17. The first-order chi connectivity index (χ1) is 9.86. The Morgan fingerprint density at radius 3 is 2.67 bits per heavy atom. The molecule has 0 aliphatic rings. The van der Waals surface area contributed by atoms with Gasteiger partial charge >= 0.3 is 0 Å². The minimum atomic E-state index is 0. The first-order valence-electron chi connectivity index (χ1n) is 6.99. The highest BCUT2D eigenvalue weighted by atomic mass is 127. The molecule has 0 aromatic heterocycles. The van der Waals surface area contributed by atoms with Crippen LogP contribution in [0.15, 0.2) is 35.3 Å². The van der Waals surface area contributed by atoms with Crippen LogP contribution in [-0.4, -0.2) is 44.2 Å². The molecule has 0 radical (unpaired) electrons. The van der Waals surface area contributed by atoms with Crippen molar-refractivity contribution < 1.29 is 4.74 Å². The molecule has 1 aromatic carbocycles. The number of nitrogens with one attached hydrogen (secondary N) is 2. The van der Waals surface area contributed by atoms with Gasteiger partial charge in [-0.25, -0.2) is 0 Å². The molecule has 0 bridgehead atoms. The zero-order chi connectivity index (χ0) is 14.5. The summed E-state index contributed by atoms with van der Waals surface area (Å²) < 4.78 is 5.61. The van der Waals surface area contributed by atoms with Gasteiger partial charge < -0.3 is 15.4 Å². The fraction of sp³-hybridized carbons (Fsp3) is 0.533. The van der Waals surface area contributed by atoms with Crippen LogP contribution in [0.2, 0.25) is 0 Å². The molecule has 1 rings (SSSR count). The summed E-state index contributed by atoms with van der Waals surface area (Å²) in [6.07, 6.45) is 2.10. The Kier molecular flexibility index (Phi) is 14.1. The zero-order valence-corrected chi connectivity index (χ0v) is 15.9. The Hall–Kier alpha value is -0.470. The number of benzene rings is 1. The van der Waals surface area contributed by atoms with Gasteiger partial charge in [0.1, 0.15) is 0 Å². The molecular weight excluding hydrogens is 397 g/mol. The average molecular weight is 423 g/mol. The molecule has 0 atom stereocenters. The van der Waals surface area contributed by atoms with Gasteiger partial charge in [-0.05, 0) is 18.7 Å². The van der Waals surface area contributed by atoms with Crippen LogP contribution in [0.1, 0.15) is 12.5 Å². The Morgan fingerprint density at radius 2 is 2.00 bits per heavy atom. The maximum atomic E-state index is 5.61. The van der Waals surface area contributed by atoms with E-state index in [9.17, 15) is 0 Å². The van der Waals surface area contributed by atoms with Crippen LogP contribution in [-0.2, 0) is 11.3 Å². The van der Waals surface area contributed by atoms with Crippen LogP contribution in [0, 0.1) is 0 Å². The average Bonchev–Trinajstić information content (AvgIpc) is 2.48. The number of ether oxygens (including phenoxy) is 1. The normalized spacial score (nSPS) is 10.9. The number of guanidine groups is 1. The van der Waals surface area contributed by atoms with Gasteiger partial charge in [-0.15, -0.1) is 24.0 Å². The van der Waals surface area contributed by atoms with Gasteiger partial charge in [-0.1, -0.05) is 30.3 Å². The summed E-state index contributed by atoms with van der Waals surface area (Å²) >= 11 is 1.82. The molecule has 4 nitrogen and oxygen atoms in total. The van der Waals surface area contributed by atoms with Crippen molar-refractivity contribution in [3.63, 3.8) is 0 Å². The second-order valence-electron chi connectivity index (χ2n) is 4.22.